The van der Waals surface area contributed by atoms with Gasteiger partial charge in [-0.3, -0.25) is 14.7 Å². The summed E-state index contributed by atoms with van der Waals surface area (Å²) >= 11 is 0. The van der Waals surface area contributed by atoms with Crippen molar-refractivity contribution < 1.29 is 0 Å². The highest BCUT2D eigenvalue weighted by atomic mass is 127. The van der Waals surface area contributed by atoms with Crippen molar-refractivity contribution in [3.05, 3.63) is 47.0 Å². The first-order chi connectivity index (χ1) is 10.6. The van der Waals surface area contributed by atoms with Crippen LogP contribution in [0.15, 0.2) is 29.4 Å². The van der Waals surface area contributed by atoms with Gasteiger partial charge in [0.25, 0.3) is 0 Å². The molecule has 0 spiro atoms. The van der Waals surface area contributed by atoms with E-state index in [1.807, 2.05) is 43.0 Å². The molecular formula is C16H25IN6. The Bertz CT molecular complexity index is 636. The Balaban J connectivity index is 0.00000264. The number of aromatic nitrogens is 3. The second-order valence-corrected chi connectivity index (χ2v) is 5.20. The standard InChI is InChI=1S/C16H24N6.HI/c1-12-15(13(2)22(4)21-12)11-20-16(17-3)19-10-8-14-7-5-6-9-18-14;/h5-7,9H,8,10-11H2,1-4H3,(H2,17,19,20);1H. The van der Waals surface area contributed by atoms with Crippen LogP contribution < -0.4 is 10.6 Å². The molecule has 2 heterocycles. The molecule has 2 aromatic rings. The summed E-state index contributed by atoms with van der Waals surface area (Å²) in [6, 6.07) is 5.96. The number of nitrogens with one attached hydrogen (secondary N) is 2. The zero-order chi connectivity index (χ0) is 15.9. The summed E-state index contributed by atoms with van der Waals surface area (Å²) in [4.78, 5) is 8.56. The van der Waals surface area contributed by atoms with Crippen LogP contribution in [0.4, 0.5) is 0 Å². The first kappa shape index (κ1) is 19.4. The van der Waals surface area contributed by atoms with E-state index in [9.17, 15) is 0 Å². The SMILES string of the molecule is CN=C(NCCc1ccccn1)NCc1c(C)nn(C)c1C.I. The molecule has 2 N–H and O–H groups in total. The number of halogens is 1. The Labute approximate surface area is 154 Å². The molecule has 0 aliphatic heterocycles. The number of nitrogens with zero attached hydrogens (tertiary/aromatic N) is 4. The lowest BCUT2D eigenvalue weighted by Gasteiger charge is -2.12. The summed E-state index contributed by atoms with van der Waals surface area (Å²) in [5.41, 5.74) is 4.52. The van der Waals surface area contributed by atoms with E-state index < -0.39 is 0 Å². The average molecular weight is 428 g/mol. The average Bonchev–Trinajstić information content (AvgIpc) is 2.77. The van der Waals surface area contributed by atoms with Gasteiger partial charge in [0.1, 0.15) is 0 Å². The molecule has 0 amide bonds. The summed E-state index contributed by atoms with van der Waals surface area (Å²) in [5, 5.41) is 11.1. The van der Waals surface area contributed by atoms with E-state index in [1.54, 1.807) is 7.05 Å². The van der Waals surface area contributed by atoms with Gasteiger partial charge in [-0.25, -0.2) is 0 Å². The first-order valence-electron chi connectivity index (χ1n) is 7.45. The lowest BCUT2D eigenvalue weighted by Crippen LogP contribution is -2.38. The predicted octanol–water partition coefficient (Wildman–Crippen LogP) is 1.96. The maximum Gasteiger partial charge on any atom is 0.191 e. The zero-order valence-electron chi connectivity index (χ0n) is 14.1. The Kier molecular flexibility index (Phi) is 8.01. The van der Waals surface area contributed by atoms with Crippen LogP contribution in [-0.4, -0.2) is 34.3 Å². The largest absolute Gasteiger partial charge is 0.356 e. The molecule has 2 aromatic heterocycles. The molecule has 23 heavy (non-hydrogen) atoms. The van der Waals surface area contributed by atoms with Crippen LogP contribution in [0.25, 0.3) is 0 Å². The number of aliphatic imine (C=N–C) groups is 1. The van der Waals surface area contributed by atoms with Crippen molar-refractivity contribution in [3.8, 4) is 0 Å². The number of pyridine rings is 1. The van der Waals surface area contributed by atoms with Gasteiger partial charge in [-0.15, -0.1) is 24.0 Å². The number of guanidine groups is 1. The molecule has 7 heteroatoms. The van der Waals surface area contributed by atoms with E-state index in [1.165, 1.54) is 11.3 Å². The Hall–Kier alpha value is -1.64. The molecule has 6 nitrogen and oxygen atoms in total. The third-order valence-corrected chi connectivity index (χ3v) is 3.71. The molecule has 0 radical (unpaired) electrons. The summed E-state index contributed by atoms with van der Waals surface area (Å²) < 4.78 is 1.91. The lowest BCUT2D eigenvalue weighted by atomic mass is 10.2. The van der Waals surface area contributed by atoms with Crippen LogP contribution in [0.3, 0.4) is 0 Å². The molecular weight excluding hydrogens is 403 g/mol. The van der Waals surface area contributed by atoms with Gasteiger partial charge in [-0.2, -0.15) is 5.10 Å². The molecule has 126 valence electrons. The Morgan fingerprint density at radius 3 is 2.61 bits per heavy atom. The predicted molar refractivity (Wildman–Crippen MR) is 104 cm³/mol. The van der Waals surface area contributed by atoms with Gasteiger partial charge < -0.3 is 10.6 Å². The fourth-order valence-corrected chi connectivity index (χ4v) is 2.32. The third kappa shape index (κ3) is 5.49. The van der Waals surface area contributed by atoms with E-state index in [-0.39, 0.29) is 24.0 Å². The van der Waals surface area contributed by atoms with Crippen LogP contribution in [0.1, 0.15) is 22.6 Å². The minimum atomic E-state index is 0. The molecule has 2 rings (SSSR count). The van der Waals surface area contributed by atoms with Crippen molar-refractivity contribution in [2.45, 2.75) is 26.8 Å². The molecule has 0 atom stereocenters. The van der Waals surface area contributed by atoms with Gasteiger partial charge >= 0.3 is 0 Å². The summed E-state index contributed by atoms with van der Waals surface area (Å²) in [6.07, 6.45) is 2.68. The molecule has 0 saturated heterocycles. The Morgan fingerprint density at radius 1 is 1.26 bits per heavy atom. The molecule has 0 saturated carbocycles. The molecule has 0 fully saturated rings. The van der Waals surface area contributed by atoms with Crippen molar-refractivity contribution in [2.24, 2.45) is 12.0 Å². The van der Waals surface area contributed by atoms with E-state index in [2.05, 4.69) is 32.6 Å². The summed E-state index contributed by atoms with van der Waals surface area (Å²) in [6.45, 7) is 5.62. The maximum absolute atomic E-state index is 4.42. The van der Waals surface area contributed by atoms with Gasteiger partial charge in [0.2, 0.25) is 0 Å². The van der Waals surface area contributed by atoms with Gasteiger partial charge in [-0.05, 0) is 26.0 Å². The monoisotopic (exact) mass is 428 g/mol. The van der Waals surface area contributed by atoms with Gasteiger partial charge in [0.05, 0.1) is 5.69 Å². The smallest absolute Gasteiger partial charge is 0.191 e. The first-order valence-corrected chi connectivity index (χ1v) is 7.45. The van der Waals surface area contributed by atoms with Crippen molar-refractivity contribution in [1.29, 1.82) is 0 Å². The fraction of sp³-hybridized carbons (Fsp3) is 0.438. The molecule has 0 aromatic carbocycles. The highest BCUT2D eigenvalue weighted by Gasteiger charge is 2.09. The maximum atomic E-state index is 4.42. The fourth-order valence-electron chi connectivity index (χ4n) is 2.32. The number of rotatable bonds is 5. The number of hydrogen-bond acceptors (Lipinski definition) is 3. The zero-order valence-corrected chi connectivity index (χ0v) is 16.5. The van der Waals surface area contributed by atoms with Gasteiger partial charge in [0.15, 0.2) is 5.96 Å². The summed E-state index contributed by atoms with van der Waals surface area (Å²) in [5.74, 6) is 0.790. The molecule has 0 aliphatic carbocycles. The normalized spacial score (nSPS) is 11.0. The second-order valence-electron chi connectivity index (χ2n) is 5.20. The molecule has 0 bridgehead atoms. The minimum absolute atomic E-state index is 0. The van der Waals surface area contributed by atoms with Crippen LogP contribution in [0.2, 0.25) is 0 Å². The minimum Gasteiger partial charge on any atom is -0.356 e. The van der Waals surface area contributed by atoms with Crippen molar-refractivity contribution >= 4 is 29.9 Å². The van der Waals surface area contributed by atoms with E-state index in [0.29, 0.717) is 0 Å². The van der Waals surface area contributed by atoms with Crippen LogP contribution in [0, 0.1) is 13.8 Å². The second kappa shape index (κ2) is 9.49. The van der Waals surface area contributed by atoms with Crippen molar-refractivity contribution in [3.63, 3.8) is 0 Å². The van der Waals surface area contributed by atoms with Gasteiger partial charge in [0, 0.05) is 56.8 Å². The molecule has 0 unspecified atom stereocenters. The van der Waals surface area contributed by atoms with Gasteiger partial charge in [-0.1, -0.05) is 6.07 Å². The van der Waals surface area contributed by atoms with Crippen LogP contribution in [-0.2, 0) is 20.0 Å². The Morgan fingerprint density at radius 2 is 2.04 bits per heavy atom. The molecule has 0 aliphatic rings. The van der Waals surface area contributed by atoms with E-state index in [0.717, 1.165) is 36.9 Å². The summed E-state index contributed by atoms with van der Waals surface area (Å²) in [7, 11) is 3.74. The highest BCUT2D eigenvalue weighted by molar-refractivity contribution is 14.0. The van der Waals surface area contributed by atoms with Crippen LogP contribution >= 0.6 is 24.0 Å². The van der Waals surface area contributed by atoms with Crippen LogP contribution in [0.5, 0.6) is 0 Å². The lowest BCUT2D eigenvalue weighted by molar-refractivity contribution is 0.728. The highest BCUT2D eigenvalue weighted by Crippen LogP contribution is 2.10. The third-order valence-electron chi connectivity index (χ3n) is 3.71. The van der Waals surface area contributed by atoms with E-state index >= 15 is 0 Å². The van der Waals surface area contributed by atoms with E-state index in [4.69, 9.17) is 0 Å². The number of hydrogen-bond donors (Lipinski definition) is 2. The quantitative estimate of drug-likeness (QED) is 0.434. The van der Waals surface area contributed by atoms with Crippen molar-refractivity contribution in [2.75, 3.05) is 13.6 Å². The van der Waals surface area contributed by atoms with Crippen molar-refractivity contribution in [1.82, 2.24) is 25.4 Å². The number of aryl methyl sites for hydroxylation is 2. The topological polar surface area (TPSA) is 67.1 Å².